The Balaban J connectivity index is 1.24. The van der Waals surface area contributed by atoms with Crippen molar-refractivity contribution in [3.05, 3.63) is 175 Å². The Labute approximate surface area is 321 Å². The number of anilines is 3. The average Bonchev–Trinajstić information content (AvgIpc) is 3.78. The van der Waals surface area contributed by atoms with E-state index >= 15 is 0 Å². The maximum atomic E-state index is 8.23. The van der Waals surface area contributed by atoms with E-state index in [4.69, 9.17) is 9.10 Å². The van der Waals surface area contributed by atoms with E-state index in [2.05, 4.69) is 146 Å². The molecule has 0 aliphatic rings. The first-order valence-electron chi connectivity index (χ1n) is 20.2. The van der Waals surface area contributed by atoms with Crippen LogP contribution in [-0.4, -0.2) is 18.7 Å². The monoisotopic (exact) mass is 705 g/mol. The molecule has 9 rings (SSSR count). The highest BCUT2D eigenvalue weighted by Crippen LogP contribution is 2.41. The van der Waals surface area contributed by atoms with Crippen molar-refractivity contribution in [3.63, 3.8) is 0 Å². The lowest BCUT2D eigenvalue weighted by atomic mass is 9.85. The van der Waals surface area contributed by atoms with E-state index in [1.165, 1.54) is 21.3 Å². The van der Waals surface area contributed by atoms with Crippen LogP contribution in [0.3, 0.4) is 0 Å². The van der Waals surface area contributed by atoms with Crippen molar-refractivity contribution in [2.45, 2.75) is 39.5 Å². The summed E-state index contributed by atoms with van der Waals surface area (Å²) in [6.45, 7) is 6.74. The fourth-order valence-electron chi connectivity index (χ4n) is 8.05. The summed E-state index contributed by atoms with van der Waals surface area (Å²) in [5, 5.41) is 2.30. The second kappa shape index (κ2) is 13.5. The van der Waals surface area contributed by atoms with Gasteiger partial charge in [-0.05, 0) is 101 Å². The molecular weight excluding hydrogens is 659 g/mol. The number of pyridine rings is 1. The van der Waals surface area contributed by atoms with Gasteiger partial charge >= 0.3 is 0 Å². The van der Waals surface area contributed by atoms with Crippen molar-refractivity contribution >= 4 is 49.9 Å². The van der Waals surface area contributed by atoms with Crippen LogP contribution >= 0.6 is 0 Å². The van der Waals surface area contributed by atoms with Crippen LogP contribution in [0.1, 0.15) is 54.8 Å². The molecule has 0 amide bonds. The van der Waals surface area contributed by atoms with Crippen LogP contribution in [-0.2, 0) is 6.98 Å². The van der Waals surface area contributed by atoms with Crippen molar-refractivity contribution in [3.8, 4) is 22.6 Å². The molecule has 0 bridgehead atoms. The molecule has 0 saturated heterocycles. The molecule has 5 nitrogen and oxygen atoms in total. The molecule has 0 saturated carbocycles. The standard InChI is InChI=1S/C49H44N5/c1-33(2)40-20-14-21-41(34(3)4)49(40)35-27-28-50-48(29-35)54-44-22-10-9-19-42(44)43-26-25-39(31-47(43)54)53(36-15-7-6-8-16-36)38-18-13-17-37(30-38)52-32-51(5)45-23-11-12-24-46(45)52/h6-34H,1-5H3/q+1/i5D3. The van der Waals surface area contributed by atoms with Gasteiger partial charge in [-0.25, -0.2) is 9.55 Å². The molecule has 5 heteroatoms. The summed E-state index contributed by atoms with van der Waals surface area (Å²) >= 11 is 0. The first-order valence-corrected chi connectivity index (χ1v) is 18.7. The normalized spacial score (nSPS) is 12.8. The molecule has 54 heavy (non-hydrogen) atoms. The van der Waals surface area contributed by atoms with Crippen LogP contribution in [0.15, 0.2) is 164 Å². The molecule has 0 fully saturated rings. The molecule has 0 unspecified atom stereocenters. The number of nitrogens with zero attached hydrogens (tertiary/aromatic N) is 5. The fraction of sp³-hybridized carbons (Fsp3) is 0.143. The van der Waals surface area contributed by atoms with Crippen LogP contribution in [0.2, 0.25) is 0 Å². The molecule has 6 aromatic carbocycles. The Morgan fingerprint density at radius 3 is 1.98 bits per heavy atom. The molecule has 3 heterocycles. The highest BCUT2D eigenvalue weighted by molar-refractivity contribution is 6.10. The van der Waals surface area contributed by atoms with Crippen molar-refractivity contribution in [1.82, 2.24) is 18.7 Å². The first-order chi connectivity index (χ1) is 27.6. The van der Waals surface area contributed by atoms with E-state index in [9.17, 15) is 0 Å². The minimum Gasteiger partial charge on any atom is -0.309 e. The maximum absolute atomic E-state index is 8.23. The van der Waals surface area contributed by atoms with E-state index < -0.39 is 6.98 Å². The molecular formula is C49H44N5+. The van der Waals surface area contributed by atoms with Gasteiger partial charge in [-0.2, -0.15) is 4.57 Å². The summed E-state index contributed by atoms with van der Waals surface area (Å²) in [7, 11) is 0. The van der Waals surface area contributed by atoms with Crippen LogP contribution in [0.5, 0.6) is 0 Å². The average molecular weight is 706 g/mol. The van der Waals surface area contributed by atoms with Crippen molar-refractivity contribution in [2.75, 3.05) is 4.90 Å². The Bertz CT molecular complexity index is 2890. The zero-order chi connectivity index (χ0) is 39.4. The van der Waals surface area contributed by atoms with E-state index in [1.807, 2.05) is 53.2 Å². The Hall–Kier alpha value is -6.46. The number of para-hydroxylation sites is 4. The summed E-state index contributed by atoms with van der Waals surface area (Å²) in [6.07, 6.45) is 3.62. The van der Waals surface area contributed by atoms with E-state index in [1.54, 1.807) is 6.33 Å². The second-order valence-corrected chi connectivity index (χ2v) is 14.6. The maximum Gasteiger partial charge on any atom is 0.191 e. The summed E-state index contributed by atoms with van der Waals surface area (Å²) in [6, 6.07) is 52.6. The third-order valence-corrected chi connectivity index (χ3v) is 10.6. The Morgan fingerprint density at radius 1 is 0.574 bits per heavy atom. The van der Waals surface area contributed by atoms with Crippen LogP contribution < -0.4 is 4.90 Å². The predicted molar refractivity (Wildman–Crippen MR) is 227 cm³/mol. The lowest BCUT2D eigenvalue weighted by Crippen LogP contribution is -2.10. The highest BCUT2D eigenvalue weighted by Gasteiger charge is 2.22. The third kappa shape index (κ3) is 5.64. The number of aryl methyl sites for hydroxylation is 1. The van der Waals surface area contributed by atoms with Crippen LogP contribution in [0, 0.1) is 0 Å². The van der Waals surface area contributed by atoms with Gasteiger partial charge in [0.1, 0.15) is 11.5 Å². The van der Waals surface area contributed by atoms with Gasteiger partial charge in [-0.15, -0.1) is 0 Å². The predicted octanol–water partition coefficient (Wildman–Crippen LogP) is 13.1. The summed E-state index contributed by atoms with van der Waals surface area (Å²) < 4.78 is 30.3. The lowest BCUT2D eigenvalue weighted by Gasteiger charge is -2.25. The van der Waals surface area contributed by atoms with Crippen molar-refractivity contribution in [1.29, 1.82) is 0 Å². The van der Waals surface area contributed by atoms with E-state index in [0.717, 1.165) is 61.5 Å². The molecule has 3 aromatic heterocycles. The third-order valence-electron chi connectivity index (χ3n) is 10.6. The number of fused-ring (bicyclic) bond motifs is 4. The van der Waals surface area contributed by atoms with Crippen molar-refractivity contribution < 1.29 is 4.11 Å². The van der Waals surface area contributed by atoms with Gasteiger partial charge in [0, 0.05) is 63.7 Å². The fourth-order valence-corrected chi connectivity index (χ4v) is 8.05. The van der Waals surface area contributed by atoms with Gasteiger partial charge < -0.3 is 4.90 Å². The summed E-state index contributed by atoms with van der Waals surface area (Å²) in [5.41, 5.74) is 12.5. The second-order valence-electron chi connectivity index (χ2n) is 14.6. The van der Waals surface area contributed by atoms with Gasteiger partial charge in [0.05, 0.1) is 16.7 Å². The Kier molecular flexibility index (Phi) is 7.51. The zero-order valence-electron chi connectivity index (χ0n) is 34.0. The topological polar surface area (TPSA) is 30.9 Å². The molecule has 0 aliphatic heterocycles. The van der Waals surface area contributed by atoms with Gasteiger partial charge in [0.25, 0.3) is 0 Å². The molecule has 0 atom stereocenters. The minimum absolute atomic E-state index is 0.368. The lowest BCUT2D eigenvalue weighted by molar-refractivity contribution is 0.838. The SMILES string of the molecule is [2H]C([2H])([2H])n1[cH+]n(-c2cccc(N(c3ccccc3)c3ccc4c5ccccc5n(-c5cc(-c6c(C(C)C)cccc6C(C)C)ccn5)c4c3)c2)c2ccccc21. The highest BCUT2D eigenvalue weighted by atomic mass is 15.2. The summed E-state index contributed by atoms with van der Waals surface area (Å²) in [4.78, 5) is 7.30. The van der Waals surface area contributed by atoms with Crippen LogP contribution in [0.4, 0.5) is 17.1 Å². The molecule has 0 N–H and O–H groups in total. The molecule has 0 spiro atoms. The van der Waals surface area contributed by atoms with Crippen molar-refractivity contribution in [2.24, 2.45) is 6.98 Å². The number of benzene rings is 6. The van der Waals surface area contributed by atoms with Gasteiger partial charge in [0.2, 0.25) is 0 Å². The number of rotatable bonds is 8. The van der Waals surface area contributed by atoms with E-state index in [-0.39, 0.29) is 0 Å². The van der Waals surface area contributed by atoms with Gasteiger partial charge in [-0.1, -0.05) is 88.4 Å². The van der Waals surface area contributed by atoms with Gasteiger partial charge in [0.15, 0.2) is 17.4 Å². The Morgan fingerprint density at radius 2 is 1.22 bits per heavy atom. The number of aromatic nitrogens is 4. The quantitative estimate of drug-likeness (QED) is 0.147. The van der Waals surface area contributed by atoms with E-state index in [0.29, 0.717) is 17.4 Å². The van der Waals surface area contributed by atoms with Crippen LogP contribution in [0.25, 0.3) is 55.5 Å². The molecule has 0 radical (unpaired) electrons. The number of hydrogen-bond acceptors (Lipinski definition) is 2. The summed E-state index contributed by atoms with van der Waals surface area (Å²) in [5.74, 6) is 1.60. The molecule has 9 aromatic rings. The largest absolute Gasteiger partial charge is 0.309 e. The molecule has 264 valence electrons. The number of hydrogen-bond donors (Lipinski definition) is 0. The molecule has 0 aliphatic carbocycles. The smallest absolute Gasteiger partial charge is 0.191 e. The minimum atomic E-state index is -2.32. The van der Waals surface area contributed by atoms with Gasteiger partial charge in [-0.3, -0.25) is 4.57 Å². The zero-order valence-corrected chi connectivity index (χ0v) is 31.0. The first kappa shape index (κ1) is 30.0. The number of imidazole rings is 1.